The van der Waals surface area contributed by atoms with Gasteiger partial charge in [0.05, 0.1) is 0 Å². The van der Waals surface area contributed by atoms with Crippen molar-refractivity contribution >= 4 is 6.70 Å². The average Bonchev–Trinajstić information content (AvgIpc) is 0.918. The normalized spacial score (nSPS) is 5.25. The molecule has 0 radical (unpaired) electrons. The maximum atomic E-state index is 3.45. The summed E-state index contributed by atoms with van der Waals surface area (Å²) in [7, 11) is 0. The van der Waals surface area contributed by atoms with Crippen molar-refractivity contribution in [3.05, 3.63) is 0 Å². The zero-order valence-corrected chi connectivity index (χ0v) is 5.29. The SMILES string of the molecule is [BH2][Co][Fe].[Fe]. The summed E-state index contributed by atoms with van der Waals surface area (Å²) in [6, 6.07) is 0. The van der Waals surface area contributed by atoms with Crippen LogP contribution in [0.5, 0.6) is 0 Å². The smallest absolute Gasteiger partial charge is 0 e. The molecule has 4 heteroatoms. The minimum atomic E-state index is 0. The van der Waals surface area contributed by atoms with Crippen molar-refractivity contribution in [3.63, 3.8) is 0 Å². The van der Waals surface area contributed by atoms with E-state index in [1.165, 1.54) is 12.7 Å². The third-order valence-electron chi connectivity index (χ3n) is 0. The van der Waals surface area contributed by atoms with Gasteiger partial charge >= 0.3 is 33.7 Å². The van der Waals surface area contributed by atoms with Crippen molar-refractivity contribution < 1.29 is 44.0 Å². The molecule has 0 saturated carbocycles. The van der Waals surface area contributed by atoms with Crippen molar-refractivity contribution in [1.82, 2.24) is 0 Å². The Hall–Kier alpha value is 1.61. The predicted molar refractivity (Wildman–Crippen MR) is 8.54 cm³/mol. The maximum absolute atomic E-state index is 3.45. The van der Waals surface area contributed by atoms with E-state index in [-0.39, 0.29) is 17.1 Å². The second kappa shape index (κ2) is 8.82. The van der Waals surface area contributed by atoms with E-state index < -0.39 is 0 Å². The molecule has 0 fully saturated rings. The molecule has 0 aliphatic rings. The van der Waals surface area contributed by atoms with E-state index in [0.29, 0.717) is 0 Å². The van der Waals surface area contributed by atoms with E-state index >= 15 is 0 Å². The van der Waals surface area contributed by atoms with Gasteiger partial charge in [-0.05, 0) is 0 Å². The predicted octanol–water partition coefficient (Wildman–Crippen LogP) is -0.924. The van der Waals surface area contributed by atoms with Gasteiger partial charge in [0.15, 0.2) is 0 Å². The zero-order chi connectivity index (χ0) is 2.71. The van der Waals surface area contributed by atoms with Crippen LogP contribution in [0.15, 0.2) is 0 Å². The van der Waals surface area contributed by atoms with Gasteiger partial charge in [-0.2, -0.15) is 0 Å². The fourth-order valence-electron chi connectivity index (χ4n) is 0. The molecule has 0 spiro atoms. The van der Waals surface area contributed by atoms with Crippen molar-refractivity contribution in [1.29, 1.82) is 0 Å². The van der Waals surface area contributed by atoms with Crippen LogP contribution in [0.2, 0.25) is 0 Å². The maximum Gasteiger partial charge on any atom is 0 e. The Morgan fingerprint density at radius 3 is 1.75 bits per heavy atom. The van der Waals surface area contributed by atoms with Gasteiger partial charge in [0.1, 0.15) is 0 Å². The number of hydrogen-bond donors (Lipinski definition) is 0. The first-order chi connectivity index (χ1) is 1.41. The number of hydrogen-bond acceptors (Lipinski definition) is 0. The van der Waals surface area contributed by atoms with Gasteiger partial charge in [0.2, 0.25) is 0 Å². The molecule has 0 aromatic rings. The van der Waals surface area contributed by atoms with Crippen LogP contribution in [-0.4, -0.2) is 6.70 Å². The van der Waals surface area contributed by atoms with E-state index in [0.717, 1.165) is 0 Å². The van der Waals surface area contributed by atoms with Crippen LogP contribution in [0, 0.1) is 0 Å². The third kappa shape index (κ3) is 9.49. The third-order valence-corrected chi connectivity index (χ3v) is 0. The van der Waals surface area contributed by atoms with Crippen molar-refractivity contribution in [3.8, 4) is 0 Å². The van der Waals surface area contributed by atoms with Crippen LogP contribution in [0.25, 0.3) is 0 Å². The molecule has 0 aliphatic heterocycles. The average molecular weight is 183 g/mol. The van der Waals surface area contributed by atoms with E-state index in [4.69, 9.17) is 0 Å². The van der Waals surface area contributed by atoms with Gasteiger partial charge < -0.3 is 0 Å². The summed E-state index contributed by atoms with van der Waals surface area (Å²) in [4.78, 5) is 0. The molecule has 0 saturated heterocycles. The first kappa shape index (κ1) is 9.15. The largest absolute Gasteiger partial charge is 0 e. The van der Waals surface area contributed by atoms with Crippen molar-refractivity contribution in [2.45, 2.75) is 0 Å². The summed E-state index contributed by atoms with van der Waals surface area (Å²) in [5.74, 6) is 0. The minimum absolute atomic E-state index is 0. The first-order valence-electron chi connectivity index (χ1n) is 0.451. The van der Waals surface area contributed by atoms with E-state index in [2.05, 4.69) is 14.2 Å². The van der Waals surface area contributed by atoms with E-state index in [1.807, 2.05) is 6.70 Å². The van der Waals surface area contributed by atoms with Crippen LogP contribution in [-0.2, 0) is 44.0 Å². The van der Waals surface area contributed by atoms with Gasteiger partial charge in [-0.3, -0.25) is 0 Å². The summed E-state index contributed by atoms with van der Waals surface area (Å²) in [6.45, 7) is 1.98. The van der Waals surface area contributed by atoms with Gasteiger partial charge in [-0.25, -0.2) is 0 Å². The summed E-state index contributed by atoms with van der Waals surface area (Å²) in [6.07, 6.45) is 0. The first-order valence-corrected chi connectivity index (χ1v) is 3.38. The Morgan fingerprint density at radius 2 is 1.75 bits per heavy atom. The minimum Gasteiger partial charge on any atom is 0 e. The summed E-state index contributed by atoms with van der Waals surface area (Å²) in [5.41, 5.74) is 0. The molecule has 0 N–H and O–H groups in total. The quantitative estimate of drug-likeness (QED) is 0.426. The van der Waals surface area contributed by atoms with E-state index in [9.17, 15) is 0 Å². The fraction of sp³-hybridized carbons (Fsp3) is 0. The van der Waals surface area contributed by atoms with Gasteiger partial charge in [-0.15, -0.1) is 0 Å². The van der Waals surface area contributed by atoms with Crippen LogP contribution in [0.1, 0.15) is 0 Å². The zero-order valence-electron chi connectivity index (χ0n) is 2.04. The van der Waals surface area contributed by atoms with Crippen LogP contribution in [0.3, 0.4) is 0 Å². The Labute approximate surface area is 50.6 Å². The fourth-order valence-corrected chi connectivity index (χ4v) is 0. The second-order valence-electron chi connectivity index (χ2n) is 0.118. The molecule has 0 unspecified atom stereocenters. The molecule has 0 aromatic heterocycles. The topological polar surface area (TPSA) is 0 Å². The summed E-state index contributed by atoms with van der Waals surface area (Å²) in [5, 5.41) is 0. The Morgan fingerprint density at radius 1 is 1.75 bits per heavy atom. The second-order valence-corrected chi connectivity index (χ2v) is 2.00. The monoisotopic (exact) mass is 184 g/mol. The molecule has 0 heterocycles. The van der Waals surface area contributed by atoms with Crippen molar-refractivity contribution in [2.24, 2.45) is 0 Å². The van der Waals surface area contributed by atoms with Crippen LogP contribution >= 0.6 is 0 Å². The van der Waals surface area contributed by atoms with Gasteiger partial charge in [-0.1, -0.05) is 0 Å². The molecule has 0 aromatic carbocycles. The van der Waals surface area contributed by atoms with Crippen LogP contribution in [0.4, 0.5) is 0 Å². The molecule has 4 heavy (non-hydrogen) atoms. The Bertz CT molecular complexity index is 6.00. The van der Waals surface area contributed by atoms with Crippen LogP contribution < -0.4 is 0 Å². The Balaban J connectivity index is 0. The molecule has 0 aliphatic carbocycles. The van der Waals surface area contributed by atoms with E-state index in [1.54, 1.807) is 0 Å². The molecular weight excluding hydrogens is 181 g/mol. The van der Waals surface area contributed by atoms with Gasteiger partial charge in [0.25, 0.3) is 0 Å². The summed E-state index contributed by atoms with van der Waals surface area (Å²) < 4.78 is 0. The standard InChI is InChI=1S/BH2.Co.2Fe/h1H2;;;/q+1;-1;;. The van der Waals surface area contributed by atoms with Crippen molar-refractivity contribution in [2.75, 3.05) is 0 Å². The Kier molecular flexibility index (Phi) is 20.2. The molecule has 0 amide bonds. The molecule has 0 rings (SSSR count). The van der Waals surface area contributed by atoms with Gasteiger partial charge in [0, 0.05) is 17.1 Å². The number of rotatable bonds is 0. The summed E-state index contributed by atoms with van der Waals surface area (Å²) >= 11 is 4.64. The molecule has 0 nitrogen and oxygen atoms in total. The molecule has 0 atom stereocenters. The molecule has 0 bridgehead atoms. The molecular formula is H2BCoFe2. The molecule has 30 valence electrons.